The maximum Gasteiger partial charge on any atom is 0.193 e. The Morgan fingerprint density at radius 2 is 2.00 bits per heavy atom. The van der Waals surface area contributed by atoms with Crippen LogP contribution >= 0.6 is 12.2 Å². The zero-order valence-electron chi connectivity index (χ0n) is 17.0. The Bertz CT molecular complexity index is 946. The van der Waals surface area contributed by atoms with Gasteiger partial charge in [-0.3, -0.25) is 5.43 Å². The summed E-state index contributed by atoms with van der Waals surface area (Å²) in [5, 5.41) is 24.4. The highest BCUT2D eigenvalue weighted by molar-refractivity contribution is 7.80. The molecule has 29 heavy (non-hydrogen) atoms. The van der Waals surface area contributed by atoms with Gasteiger partial charge in [0, 0.05) is 25.9 Å². The minimum Gasteiger partial charge on any atom is -0.506 e. The first-order chi connectivity index (χ1) is 13.8. The molecule has 0 radical (unpaired) electrons. The Kier molecular flexibility index (Phi) is 6.34. The Morgan fingerprint density at radius 3 is 2.69 bits per heavy atom. The third-order valence-electron chi connectivity index (χ3n) is 5.04. The zero-order valence-corrected chi connectivity index (χ0v) is 17.8. The average molecular weight is 415 g/mol. The van der Waals surface area contributed by atoms with E-state index in [1.807, 2.05) is 31.9 Å². The van der Waals surface area contributed by atoms with Crippen molar-refractivity contribution in [3.05, 3.63) is 46.8 Å². The van der Waals surface area contributed by atoms with Crippen molar-refractivity contribution in [2.75, 3.05) is 19.1 Å². The standard InChI is InChI=1S/C21H26N4O3S/c1-12(2)20-19(27)10-18(26)17(23-20)11-22-24-21(29)25(3)15-6-5-13-8-16(28-4)9-14(13)7-15/h5-7,10-12,16,26-27H,8-9H2,1-4H3,(H,24,29)/b22-11+. The number of hydrazone groups is 1. The molecule has 1 aromatic carbocycles. The molecule has 0 amide bonds. The number of rotatable bonds is 5. The summed E-state index contributed by atoms with van der Waals surface area (Å²) < 4.78 is 5.46. The van der Waals surface area contributed by atoms with Crippen molar-refractivity contribution in [1.29, 1.82) is 0 Å². The number of thiocarbonyl (C=S) groups is 1. The molecule has 0 bridgehead atoms. The quantitative estimate of drug-likeness (QED) is 0.393. The molecule has 1 heterocycles. The summed E-state index contributed by atoms with van der Waals surface area (Å²) >= 11 is 5.42. The third kappa shape index (κ3) is 4.65. The van der Waals surface area contributed by atoms with Gasteiger partial charge in [0.2, 0.25) is 0 Å². The molecule has 0 aliphatic heterocycles. The first-order valence-electron chi connectivity index (χ1n) is 9.44. The third-order valence-corrected chi connectivity index (χ3v) is 5.41. The van der Waals surface area contributed by atoms with Gasteiger partial charge in [0.05, 0.1) is 18.0 Å². The van der Waals surface area contributed by atoms with Crippen molar-refractivity contribution < 1.29 is 14.9 Å². The largest absolute Gasteiger partial charge is 0.506 e. The number of fused-ring (bicyclic) bond motifs is 1. The van der Waals surface area contributed by atoms with Crippen molar-refractivity contribution in [3.63, 3.8) is 0 Å². The minimum absolute atomic E-state index is 0.0143. The monoisotopic (exact) mass is 414 g/mol. The number of ether oxygens (including phenoxy) is 1. The number of aromatic hydroxyl groups is 2. The summed E-state index contributed by atoms with van der Waals surface area (Å²) in [6.45, 7) is 3.82. The van der Waals surface area contributed by atoms with Crippen LogP contribution in [0.5, 0.6) is 11.5 Å². The maximum absolute atomic E-state index is 9.99. The number of nitrogens with zero attached hydrogens (tertiary/aromatic N) is 3. The summed E-state index contributed by atoms with van der Waals surface area (Å²) in [5.74, 6) is -0.173. The van der Waals surface area contributed by atoms with Crippen molar-refractivity contribution in [2.24, 2.45) is 5.10 Å². The number of pyridine rings is 1. The molecule has 1 aliphatic rings. The van der Waals surface area contributed by atoms with Gasteiger partial charge in [-0.15, -0.1) is 0 Å². The Labute approximate surface area is 176 Å². The highest BCUT2D eigenvalue weighted by Gasteiger charge is 2.22. The molecule has 3 N–H and O–H groups in total. The molecule has 154 valence electrons. The van der Waals surface area contributed by atoms with Gasteiger partial charge < -0.3 is 19.8 Å². The summed E-state index contributed by atoms with van der Waals surface area (Å²) in [7, 11) is 3.61. The van der Waals surface area contributed by atoms with Crippen molar-refractivity contribution >= 4 is 29.2 Å². The Balaban J connectivity index is 1.68. The van der Waals surface area contributed by atoms with Gasteiger partial charge in [0.25, 0.3) is 0 Å². The normalized spacial score (nSPS) is 15.7. The van der Waals surface area contributed by atoms with Crippen molar-refractivity contribution in [2.45, 2.75) is 38.7 Å². The molecule has 0 saturated heterocycles. The lowest BCUT2D eigenvalue weighted by Gasteiger charge is -2.20. The van der Waals surface area contributed by atoms with Gasteiger partial charge in [0.1, 0.15) is 17.2 Å². The highest BCUT2D eigenvalue weighted by Crippen LogP contribution is 2.29. The molecule has 2 aromatic rings. The smallest absolute Gasteiger partial charge is 0.193 e. The van der Waals surface area contributed by atoms with Crippen LogP contribution in [0.25, 0.3) is 0 Å². The van der Waals surface area contributed by atoms with Crippen molar-refractivity contribution in [3.8, 4) is 11.5 Å². The first-order valence-corrected chi connectivity index (χ1v) is 9.85. The number of benzene rings is 1. The Hall–Kier alpha value is -2.71. The van der Waals surface area contributed by atoms with Crippen LogP contribution in [0.15, 0.2) is 29.4 Å². The van der Waals surface area contributed by atoms with Crippen LogP contribution in [0.3, 0.4) is 0 Å². The number of hydrogen-bond acceptors (Lipinski definition) is 6. The van der Waals surface area contributed by atoms with E-state index in [1.165, 1.54) is 23.4 Å². The highest BCUT2D eigenvalue weighted by atomic mass is 32.1. The van der Waals surface area contributed by atoms with E-state index in [0.717, 1.165) is 18.5 Å². The molecular formula is C21H26N4O3S. The summed E-state index contributed by atoms with van der Waals surface area (Å²) in [6, 6.07) is 7.52. The summed E-state index contributed by atoms with van der Waals surface area (Å²) in [4.78, 5) is 6.10. The molecule has 0 spiro atoms. The van der Waals surface area contributed by atoms with E-state index in [-0.39, 0.29) is 29.2 Å². The lowest BCUT2D eigenvalue weighted by atomic mass is 10.1. The molecule has 1 unspecified atom stereocenters. The topological polar surface area (TPSA) is 90.2 Å². The van der Waals surface area contributed by atoms with Crippen LogP contribution < -0.4 is 10.3 Å². The van der Waals surface area contributed by atoms with E-state index >= 15 is 0 Å². The average Bonchev–Trinajstić information content (AvgIpc) is 3.11. The second kappa shape index (κ2) is 8.75. The van der Waals surface area contributed by atoms with Gasteiger partial charge >= 0.3 is 0 Å². The van der Waals surface area contributed by atoms with E-state index in [0.29, 0.717) is 10.8 Å². The van der Waals surface area contributed by atoms with E-state index in [2.05, 4.69) is 27.6 Å². The molecule has 8 heteroatoms. The molecule has 1 aromatic heterocycles. The van der Waals surface area contributed by atoms with Crippen LogP contribution in [-0.2, 0) is 17.6 Å². The molecule has 0 saturated carbocycles. The Morgan fingerprint density at radius 1 is 1.28 bits per heavy atom. The van der Waals surface area contributed by atoms with E-state index in [4.69, 9.17) is 17.0 Å². The van der Waals surface area contributed by atoms with Crippen LogP contribution in [-0.4, -0.2) is 46.8 Å². The number of aromatic nitrogens is 1. The molecular weight excluding hydrogens is 388 g/mol. The molecule has 1 atom stereocenters. The molecule has 3 rings (SSSR count). The maximum atomic E-state index is 9.99. The van der Waals surface area contributed by atoms with Gasteiger partial charge in [0.15, 0.2) is 5.11 Å². The lowest BCUT2D eigenvalue weighted by molar-refractivity contribution is 0.112. The molecule has 1 aliphatic carbocycles. The predicted molar refractivity (Wildman–Crippen MR) is 118 cm³/mol. The van der Waals surface area contributed by atoms with Gasteiger partial charge in [-0.25, -0.2) is 4.98 Å². The zero-order chi connectivity index (χ0) is 21.1. The van der Waals surface area contributed by atoms with Gasteiger partial charge in [-0.1, -0.05) is 19.9 Å². The summed E-state index contributed by atoms with van der Waals surface area (Å²) in [5.41, 5.74) is 7.09. The van der Waals surface area contributed by atoms with Crippen LogP contribution in [0.4, 0.5) is 5.69 Å². The number of anilines is 1. The molecule has 7 nitrogen and oxygen atoms in total. The lowest BCUT2D eigenvalue weighted by Crippen LogP contribution is -2.34. The predicted octanol–water partition coefficient (Wildman–Crippen LogP) is 3.07. The van der Waals surface area contributed by atoms with E-state index < -0.39 is 0 Å². The first kappa shape index (κ1) is 21.0. The summed E-state index contributed by atoms with van der Waals surface area (Å²) in [6.07, 6.45) is 3.45. The van der Waals surface area contributed by atoms with E-state index in [9.17, 15) is 10.2 Å². The van der Waals surface area contributed by atoms with E-state index in [1.54, 1.807) is 7.11 Å². The molecule has 0 fully saturated rings. The van der Waals surface area contributed by atoms with Crippen LogP contribution in [0, 0.1) is 0 Å². The fourth-order valence-electron chi connectivity index (χ4n) is 3.32. The fraction of sp³-hybridized carbons (Fsp3) is 0.381. The van der Waals surface area contributed by atoms with Crippen LogP contribution in [0.2, 0.25) is 0 Å². The number of hydrogen-bond donors (Lipinski definition) is 3. The van der Waals surface area contributed by atoms with Gasteiger partial charge in [-0.2, -0.15) is 5.10 Å². The van der Waals surface area contributed by atoms with Gasteiger partial charge in [-0.05, 0) is 54.2 Å². The fourth-order valence-corrected chi connectivity index (χ4v) is 3.48. The minimum atomic E-state index is -0.150. The van der Waals surface area contributed by atoms with Crippen LogP contribution in [0.1, 0.15) is 42.3 Å². The number of nitrogens with one attached hydrogen (secondary N) is 1. The SMILES string of the molecule is COC1Cc2ccc(N(C)C(=S)N/N=C/c3nc(C(C)C)c(O)cc3O)cc2C1. The van der Waals surface area contributed by atoms with Crippen molar-refractivity contribution in [1.82, 2.24) is 10.4 Å². The number of methoxy groups -OCH3 is 1. The second-order valence-electron chi connectivity index (χ2n) is 7.40. The second-order valence-corrected chi connectivity index (χ2v) is 7.79.